The highest BCUT2D eigenvalue weighted by Crippen LogP contribution is 2.35. The van der Waals surface area contributed by atoms with Gasteiger partial charge in [0.1, 0.15) is 24.1 Å². The highest BCUT2D eigenvalue weighted by Gasteiger charge is 2.48. The number of anilines is 1. The lowest BCUT2D eigenvalue weighted by Crippen LogP contribution is -2.61. The molecule has 2 aliphatic rings. The third-order valence-electron chi connectivity index (χ3n) is 8.38. The molecule has 0 spiro atoms. The zero-order valence-electron chi connectivity index (χ0n) is 30.2. The zero-order chi connectivity index (χ0) is 38.1. The first-order chi connectivity index (χ1) is 23.8. The number of nitrogens with zero attached hydrogens (tertiary/aromatic N) is 1. The molecule has 1 aromatic rings. The summed E-state index contributed by atoms with van der Waals surface area (Å²) in [5, 5.41) is 45.3. The average Bonchev–Trinajstić information content (AvgIpc) is 3.31. The van der Waals surface area contributed by atoms with E-state index in [1.807, 2.05) is 41.5 Å². The second-order valence-electron chi connectivity index (χ2n) is 15.1. The summed E-state index contributed by atoms with van der Waals surface area (Å²) < 4.78 is 21.9. The van der Waals surface area contributed by atoms with Crippen molar-refractivity contribution in [1.82, 2.24) is 10.2 Å². The van der Waals surface area contributed by atoms with Crippen molar-refractivity contribution in [2.45, 2.75) is 97.9 Å². The summed E-state index contributed by atoms with van der Waals surface area (Å²) in [6.45, 7) is 12.8. The monoisotopic (exact) mass is 723 g/mol. The van der Waals surface area contributed by atoms with E-state index in [1.165, 1.54) is 11.0 Å². The van der Waals surface area contributed by atoms with Crippen LogP contribution in [0, 0.1) is 16.7 Å². The first kappa shape index (κ1) is 41.7. The minimum Gasteiger partial charge on any atom is -0.479 e. The molecule has 3 rings (SSSR count). The largest absolute Gasteiger partial charge is 0.479 e. The molecule has 1 aromatic carbocycles. The number of carboxylic acid groups (broad SMARTS) is 1. The van der Waals surface area contributed by atoms with E-state index in [1.54, 1.807) is 12.1 Å². The van der Waals surface area contributed by atoms with Crippen molar-refractivity contribution in [2.75, 3.05) is 44.8 Å². The third kappa shape index (κ3) is 12.5. The van der Waals surface area contributed by atoms with Gasteiger partial charge < -0.3 is 50.0 Å². The van der Waals surface area contributed by atoms with Crippen molar-refractivity contribution in [2.24, 2.45) is 16.7 Å². The molecule has 2 heterocycles. The predicted octanol–water partition coefficient (Wildman–Crippen LogP) is 0.836. The summed E-state index contributed by atoms with van der Waals surface area (Å²) in [6, 6.07) is 4.92. The molecule has 6 atom stereocenters. The van der Waals surface area contributed by atoms with Crippen molar-refractivity contribution in [3.05, 3.63) is 23.8 Å². The molecular weight excluding hydrogens is 670 g/mol. The molecular formula is C35H53N3O13. The second-order valence-corrected chi connectivity index (χ2v) is 15.1. The Hall–Kier alpha value is -3.67. The van der Waals surface area contributed by atoms with E-state index in [9.17, 15) is 44.4 Å². The van der Waals surface area contributed by atoms with Gasteiger partial charge in [-0.05, 0) is 34.9 Å². The van der Waals surface area contributed by atoms with E-state index in [0.29, 0.717) is 6.42 Å². The molecule has 4 amide bonds. The molecule has 1 unspecified atom stereocenters. The molecule has 2 fully saturated rings. The zero-order valence-corrected chi connectivity index (χ0v) is 30.2. The van der Waals surface area contributed by atoms with Gasteiger partial charge in [0.25, 0.3) is 0 Å². The smallest absolute Gasteiger partial charge is 0.335 e. The Bertz CT molecular complexity index is 1390. The van der Waals surface area contributed by atoms with Gasteiger partial charge in [0.2, 0.25) is 29.9 Å². The molecule has 2 saturated heterocycles. The number of nitrogens with one attached hydrogen (secondary N) is 2. The van der Waals surface area contributed by atoms with Crippen LogP contribution in [0.2, 0.25) is 0 Å². The molecule has 51 heavy (non-hydrogen) atoms. The first-order valence-electron chi connectivity index (χ1n) is 17.1. The van der Waals surface area contributed by atoms with E-state index in [0.717, 1.165) is 5.56 Å². The van der Waals surface area contributed by atoms with Crippen LogP contribution in [0.25, 0.3) is 0 Å². The van der Waals surface area contributed by atoms with Gasteiger partial charge in [0.15, 0.2) is 6.10 Å². The number of hydrogen-bond acceptors (Lipinski definition) is 12. The Morgan fingerprint density at radius 2 is 1.57 bits per heavy atom. The van der Waals surface area contributed by atoms with Gasteiger partial charge in [-0.3, -0.25) is 24.1 Å². The number of imide groups is 1. The lowest BCUT2D eigenvalue weighted by Gasteiger charge is -2.38. The maximum absolute atomic E-state index is 12.9. The summed E-state index contributed by atoms with van der Waals surface area (Å²) in [6.07, 6.45) is -8.29. The Morgan fingerprint density at radius 1 is 0.902 bits per heavy atom. The van der Waals surface area contributed by atoms with Gasteiger partial charge in [0, 0.05) is 25.8 Å². The summed E-state index contributed by atoms with van der Waals surface area (Å²) in [7, 11) is 0. The minimum absolute atomic E-state index is 0.0183. The minimum atomic E-state index is -1.89. The number of aliphatic hydroxyl groups excluding tert-OH is 3. The number of ether oxygens (including phenoxy) is 4. The van der Waals surface area contributed by atoms with E-state index >= 15 is 0 Å². The fourth-order valence-corrected chi connectivity index (χ4v) is 5.63. The van der Waals surface area contributed by atoms with Crippen LogP contribution in [0.3, 0.4) is 0 Å². The van der Waals surface area contributed by atoms with Crippen LogP contribution in [-0.2, 0) is 44.6 Å². The van der Waals surface area contributed by atoms with E-state index < -0.39 is 42.6 Å². The SMILES string of the molecule is CC(C)(C)Cc1ccc(O[C@@H]2O[C@H](C(=O)O)[C@@H](O)[C@H](O)[C@H]2O)c(NC(=O)CCNC(=O)CCOCCOCCN2C(=O)CC(C(C)(C)C)C2=O)c1. The number of likely N-dealkylation sites (tertiary alicyclic amines) is 1. The Labute approximate surface area is 297 Å². The molecule has 0 radical (unpaired) electrons. The molecule has 16 nitrogen and oxygen atoms in total. The van der Waals surface area contributed by atoms with Crippen LogP contribution in [0.5, 0.6) is 5.75 Å². The van der Waals surface area contributed by atoms with Crippen LogP contribution in [0.1, 0.15) is 66.4 Å². The second kappa shape index (κ2) is 18.2. The van der Waals surface area contributed by atoms with Gasteiger partial charge in [-0.25, -0.2) is 4.79 Å². The maximum Gasteiger partial charge on any atom is 0.335 e. The number of hydrogen-bond donors (Lipinski definition) is 6. The van der Waals surface area contributed by atoms with Crippen molar-refractivity contribution < 1.29 is 63.3 Å². The molecule has 16 heteroatoms. The summed E-state index contributed by atoms with van der Waals surface area (Å²) in [4.78, 5) is 62.6. The molecule has 286 valence electrons. The third-order valence-corrected chi connectivity index (χ3v) is 8.38. The van der Waals surface area contributed by atoms with Crippen molar-refractivity contribution >= 4 is 35.3 Å². The number of carbonyl (C=O) groups is 5. The van der Waals surface area contributed by atoms with E-state index in [2.05, 4.69) is 10.6 Å². The number of aliphatic hydroxyl groups is 3. The van der Waals surface area contributed by atoms with E-state index in [4.69, 9.17) is 18.9 Å². The van der Waals surface area contributed by atoms with Crippen molar-refractivity contribution in [1.29, 1.82) is 0 Å². The Morgan fingerprint density at radius 3 is 2.18 bits per heavy atom. The highest BCUT2D eigenvalue weighted by atomic mass is 16.7. The van der Waals surface area contributed by atoms with Gasteiger partial charge in [-0.2, -0.15) is 0 Å². The highest BCUT2D eigenvalue weighted by molar-refractivity contribution is 6.03. The standard InChI is InChI=1S/C35H53N3O13/c1-34(2,3)19-20-7-8-23(50-33-29(44)27(42)28(43)30(51-33)32(46)47)22(17-20)37-25(40)9-11-36-24(39)10-13-48-15-16-49-14-12-38-26(41)18-21(31(38)45)35(4,5)6/h7-8,17,21,27-30,33,42-44H,9-16,18-19H2,1-6H3,(H,36,39)(H,37,40)(H,46,47)/t21?,27-,28-,29+,30-,33+/m0/s1. The number of amides is 4. The lowest BCUT2D eigenvalue weighted by atomic mass is 9.80. The number of benzene rings is 1. The predicted molar refractivity (Wildman–Crippen MR) is 181 cm³/mol. The molecule has 0 bridgehead atoms. The average molecular weight is 724 g/mol. The van der Waals surface area contributed by atoms with E-state index in [-0.39, 0.29) is 105 Å². The van der Waals surface area contributed by atoms with Crippen LogP contribution in [0.15, 0.2) is 18.2 Å². The fourth-order valence-electron chi connectivity index (χ4n) is 5.63. The van der Waals surface area contributed by atoms with Crippen LogP contribution in [-0.4, -0.2) is 125 Å². The Kier molecular flexibility index (Phi) is 14.9. The maximum atomic E-state index is 12.9. The van der Waals surface area contributed by atoms with Crippen molar-refractivity contribution in [3.8, 4) is 5.75 Å². The first-order valence-corrected chi connectivity index (χ1v) is 17.1. The molecule has 2 aliphatic heterocycles. The van der Waals surface area contributed by atoms with Crippen LogP contribution in [0.4, 0.5) is 5.69 Å². The Balaban J connectivity index is 1.41. The van der Waals surface area contributed by atoms with Gasteiger partial charge in [-0.15, -0.1) is 0 Å². The summed E-state index contributed by atoms with van der Waals surface area (Å²) >= 11 is 0. The lowest BCUT2D eigenvalue weighted by molar-refractivity contribution is -0.271. The number of aliphatic carboxylic acids is 1. The molecule has 0 aromatic heterocycles. The van der Waals surface area contributed by atoms with Gasteiger partial charge in [0.05, 0.1) is 44.6 Å². The van der Waals surface area contributed by atoms with Crippen molar-refractivity contribution in [3.63, 3.8) is 0 Å². The molecule has 0 saturated carbocycles. The molecule has 6 N–H and O–H groups in total. The quantitative estimate of drug-likeness (QED) is 0.0968. The fraction of sp³-hybridized carbons (Fsp3) is 0.686. The number of carbonyl (C=O) groups excluding carboxylic acids is 4. The summed E-state index contributed by atoms with van der Waals surface area (Å²) in [5.41, 5.74) is 0.647. The van der Waals surface area contributed by atoms with Crippen LogP contribution >= 0.6 is 0 Å². The van der Waals surface area contributed by atoms with Crippen LogP contribution < -0.4 is 15.4 Å². The topological polar surface area (TPSA) is 230 Å². The number of rotatable bonds is 17. The van der Waals surface area contributed by atoms with Gasteiger partial charge in [-0.1, -0.05) is 47.6 Å². The van der Waals surface area contributed by atoms with Gasteiger partial charge >= 0.3 is 5.97 Å². The molecule has 0 aliphatic carbocycles. The normalized spacial score (nSPS) is 24.1. The number of carboxylic acids is 1. The summed E-state index contributed by atoms with van der Waals surface area (Å²) in [5.74, 6) is -3.05.